The first-order valence-corrected chi connectivity index (χ1v) is 10.5. The standard InChI is InChI=1S/C14H19ClO4S2/c1-3-5-9-12(8-4-2)20(16,17)13-10-6-7-11-14(13)21(15,18)19/h4,6-7,10-12H,2-3,5,8-9H2,1H3. The Morgan fingerprint density at radius 2 is 1.76 bits per heavy atom. The Morgan fingerprint density at radius 3 is 2.24 bits per heavy atom. The number of benzene rings is 1. The van der Waals surface area contributed by atoms with Gasteiger partial charge in [0.25, 0.3) is 9.05 Å². The second-order valence-electron chi connectivity index (χ2n) is 4.72. The van der Waals surface area contributed by atoms with Crippen LogP contribution in [0.5, 0.6) is 0 Å². The number of unbranched alkanes of at least 4 members (excludes halogenated alkanes) is 1. The fourth-order valence-corrected chi connectivity index (χ4v) is 5.69. The largest absolute Gasteiger partial charge is 0.262 e. The van der Waals surface area contributed by atoms with E-state index in [0.717, 1.165) is 12.8 Å². The van der Waals surface area contributed by atoms with E-state index in [9.17, 15) is 16.8 Å². The van der Waals surface area contributed by atoms with Crippen LogP contribution >= 0.6 is 10.7 Å². The van der Waals surface area contributed by atoms with Gasteiger partial charge in [-0.2, -0.15) is 0 Å². The van der Waals surface area contributed by atoms with Gasteiger partial charge in [-0.3, -0.25) is 0 Å². The second-order valence-corrected chi connectivity index (χ2v) is 9.45. The molecule has 0 saturated carbocycles. The van der Waals surface area contributed by atoms with Crippen molar-refractivity contribution in [3.63, 3.8) is 0 Å². The summed E-state index contributed by atoms with van der Waals surface area (Å²) in [7, 11) is -2.56. The summed E-state index contributed by atoms with van der Waals surface area (Å²) in [5.74, 6) is 0. The molecule has 1 aromatic carbocycles. The number of rotatable bonds is 8. The zero-order valence-corrected chi connectivity index (χ0v) is 14.2. The minimum absolute atomic E-state index is 0.233. The molecule has 4 nitrogen and oxygen atoms in total. The van der Waals surface area contributed by atoms with Gasteiger partial charge in [-0.25, -0.2) is 16.8 Å². The highest BCUT2D eigenvalue weighted by molar-refractivity contribution is 8.14. The molecule has 0 fully saturated rings. The van der Waals surface area contributed by atoms with E-state index in [1.807, 2.05) is 6.92 Å². The highest BCUT2D eigenvalue weighted by Gasteiger charge is 2.31. The quantitative estimate of drug-likeness (QED) is 0.531. The third kappa shape index (κ3) is 4.56. The third-order valence-corrected chi connectivity index (χ3v) is 6.95. The first kappa shape index (κ1) is 18.2. The molecular formula is C14H19ClO4S2. The first-order valence-electron chi connectivity index (χ1n) is 6.63. The average Bonchev–Trinajstić information content (AvgIpc) is 2.42. The van der Waals surface area contributed by atoms with Crippen molar-refractivity contribution in [3.05, 3.63) is 36.9 Å². The summed E-state index contributed by atoms with van der Waals surface area (Å²) in [6.45, 7) is 5.55. The number of sulfone groups is 1. The molecule has 7 heteroatoms. The van der Waals surface area contributed by atoms with Gasteiger partial charge in [0.1, 0.15) is 4.90 Å². The molecule has 0 aromatic heterocycles. The van der Waals surface area contributed by atoms with Crippen LogP contribution in [0.15, 0.2) is 46.7 Å². The maximum absolute atomic E-state index is 12.7. The molecule has 0 spiro atoms. The van der Waals surface area contributed by atoms with E-state index in [2.05, 4.69) is 6.58 Å². The van der Waals surface area contributed by atoms with E-state index >= 15 is 0 Å². The molecule has 0 radical (unpaired) electrons. The van der Waals surface area contributed by atoms with Crippen LogP contribution in [0, 0.1) is 0 Å². The maximum atomic E-state index is 12.7. The average molecular weight is 351 g/mol. The molecule has 0 N–H and O–H groups in total. The summed E-state index contributed by atoms with van der Waals surface area (Å²) in [6.07, 6.45) is 3.88. The van der Waals surface area contributed by atoms with E-state index < -0.39 is 24.1 Å². The van der Waals surface area contributed by atoms with Crippen LogP contribution in [0.25, 0.3) is 0 Å². The summed E-state index contributed by atoms with van der Waals surface area (Å²) in [6, 6.07) is 5.43. The molecule has 0 aliphatic carbocycles. The number of hydrogen-bond acceptors (Lipinski definition) is 4. The smallest absolute Gasteiger partial charge is 0.223 e. The predicted octanol–water partition coefficient (Wildman–Crippen LogP) is 3.52. The van der Waals surface area contributed by atoms with Crippen molar-refractivity contribution < 1.29 is 16.8 Å². The van der Waals surface area contributed by atoms with Gasteiger partial charge in [-0.05, 0) is 25.0 Å². The van der Waals surface area contributed by atoms with Crippen molar-refractivity contribution in [1.82, 2.24) is 0 Å². The molecular weight excluding hydrogens is 332 g/mol. The van der Waals surface area contributed by atoms with Crippen molar-refractivity contribution in [2.24, 2.45) is 0 Å². The molecule has 118 valence electrons. The minimum atomic E-state index is -4.12. The van der Waals surface area contributed by atoms with Crippen LogP contribution in [0.3, 0.4) is 0 Å². The minimum Gasteiger partial charge on any atom is -0.223 e. The highest BCUT2D eigenvalue weighted by atomic mass is 35.7. The van der Waals surface area contributed by atoms with Crippen molar-refractivity contribution in [2.75, 3.05) is 0 Å². The number of hydrogen-bond donors (Lipinski definition) is 0. The molecule has 0 aliphatic rings. The fraction of sp³-hybridized carbons (Fsp3) is 0.429. The van der Waals surface area contributed by atoms with Crippen LogP contribution in [0.2, 0.25) is 0 Å². The molecule has 1 rings (SSSR count). The Bertz CT molecular complexity index is 693. The Balaban J connectivity index is 3.38. The fourth-order valence-electron chi connectivity index (χ4n) is 2.08. The van der Waals surface area contributed by atoms with E-state index in [1.54, 1.807) is 0 Å². The molecule has 0 bridgehead atoms. The van der Waals surface area contributed by atoms with Crippen molar-refractivity contribution >= 4 is 29.6 Å². The first-order chi connectivity index (χ1) is 9.75. The van der Waals surface area contributed by atoms with Gasteiger partial charge in [0.15, 0.2) is 9.84 Å². The Kier molecular flexibility index (Phi) is 6.43. The van der Waals surface area contributed by atoms with Gasteiger partial charge in [-0.15, -0.1) is 6.58 Å². The lowest BCUT2D eigenvalue weighted by atomic mass is 10.1. The van der Waals surface area contributed by atoms with Crippen LogP contribution in [-0.2, 0) is 18.9 Å². The number of allylic oxidation sites excluding steroid dienone is 1. The summed E-state index contributed by atoms with van der Waals surface area (Å²) in [5.41, 5.74) is 0. The summed E-state index contributed by atoms with van der Waals surface area (Å²) in [4.78, 5) is -0.597. The molecule has 21 heavy (non-hydrogen) atoms. The monoisotopic (exact) mass is 350 g/mol. The van der Waals surface area contributed by atoms with Crippen LogP contribution in [0.4, 0.5) is 0 Å². The van der Waals surface area contributed by atoms with Gasteiger partial charge in [0.2, 0.25) is 0 Å². The Morgan fingerprint density at radius 1 is 1.19 bits per heavy atom. The zero-order valence-electron chi connectivity index (χ0n) is 11.8. The summed E-state index contributed by atoms with van der Waals surface area (Å²) in [5, 5.41) is -0.686. The van der Waals surface area contributed by atoms with Gasteiger partial charge >= 0.3 is 0 Å². The number of halogens is 1. The lowest BCUT2D eigenvalue weighted by molar-refractivity contribution is 0.559. The zero-order chi connectivity index (χ0) is 16.1. The molecule has 1 atom stereocenters. The molecule has 0 aliphatic heterocycles. The maximum Gasteiger partial charge on any atom is 0.262 e. The second kappa shape index (κ2) is 7.42. The molecule has 0 saturated heterocycles. The van der Waals surface area contributed by atoms with Crippen LogP contribution < -0.4 is 0 Å². The SMILES string of the molecule is C=CCC(CCCC)S(=O)(=O)c1ccccc1S(=O)(=O)Cl. The van der Waals surface area contributed by atoms with Crippen molar-refractivity contribution in [3.8, 4) is 0 Å². The van der Waals surface area contributed by atoms with Gasteiger partial charge in [0.05, 0.1) is 10.1 Å². The molecule has 1 aromatic rings. The van der Waals surface area contributed by atoms with Gasteiger partial charge < -0.3 is 0 Å². The molecule has 1 unspecified atom stereocenters. The van der Waals surface area contributed by atoms with E-state index in [1.165, 1.54) is 30.3 Å². The summed E-state index contributed by atoms with van der Waals surface area (Å²) < 4.78 is 48.6. The van der Waals surface area contributed by atoms with Gasteiger partial charge in [-0.1, -0.05) is 38.0 Å². The molecule has 0 amide bonds. The van der Waals surface area contributed by atoms with Gasteiger partial charge in [0, 0.05) is 10.7 Å². The van der Waals surface area contributed by atoms with Crippen molar-refractivity contribution in [1.29, 1.82) is 0 Å². The van der Waals surface area contributed by atoms with Crippen molar-refractivity contribution in [2.45, 2.75) is 47.6 Å². The normalized spacial score (nSPS) is 13.8. The van der Waals surface area contributed by atoms with Crippen LogP contribution in [0.1, 0.15) is 32.6 Å². The predicted molar refractivity (Wildman–Crippen MR) is 84.8 cm³/mol. The van der Waals surface area contributed by atoms with E-state index in [4.69, 9.17) is 10.7 Å². The highest BCUT2D eigenvalue weighted by Crippen LogP contribution is 2.29. The van der Waals surface area contributed by atoms with E-state index in [0.29, 0.717) is 6.42 Å². The Hall–Kier alpha value is -0.850. The van der Waals surface area contributed by atoms with E-state index in [-0.39, 0.29) is 16.2 Å². The lowest BCUT2D eigenvalue weighted by Gasteiger charge is -2.17. The lowest BCUT2D eigenvalue weighted by Crippen LogP contribution is -2.22. The third-order valence-electron chi connectivity index (χ3n) is 3.17. The topological polar surface area (TPSA) is 68.3 Å². The summed E-state index contributed by atoms with van der Waals surface area (Å²) >= 11 is 0. The molecule has 0 heterocycles. The Labute approximate surface area is 131 Å². The van der Waals surface area contributed by atoms with Crippen LogP contribution in [-0.4, -0.2) is 22.1 Å².